The third kappa shape index (κ3) is 4.81. The van der Waals surface area contributed by atoms with Crippen molar-refractivity contribution in [3.63, 3.8) is 0 Å². The highest BCUT2D eigenvalue weighted by Crippen LogP contribution is 2.42. The number of nitrogens with zero attached hydrogens (tertiary/aromatic N) is 3. The van der Waals surface area contributed by atoms with Crippen LogP contribution in [0.5, 0.6) is 0 Å². The Morgan fingerprint density at radius 3 is 1.80 bits per heavy atom. The lowest BCUT2D eigenvalue weighted by atomic mass is 9.76. The number of pyridine rings is 1. The quantitative estimate of drug-likeness (QED) is 0.123. The first kappa shape index (κ1) is 25.0. The summed E-state index contributed by atoms with van der Waals surface area (Å²) >= 11 is 0. The summed E-state index contributed by atoms with van der Waals surface area (Å²) in [6, 6.07) is 42.9. The van der Waals surface area contributed by atoms with Crippen LogP contribution in [0.1, 0.15) is 27.8 Å². The van der Waals surface area contributed by atoms with Gasteiger partial charge in [0.05, 0.1) is 11.8 Å². The van der Waals surface area contributed by atoms with Gasteiger partial charge in [-0.3, -0.25) is 0 Å². The summed E-state index contributed by atoms with van der Waals surface area (Å²) in [5, 5.41) is 0. The molecule has 0 spiro atoms. The van der Waals surface area contributed by atoms with Gasteiger partial charge in [0.2, 0.25) is 0 Å². The van der Waals surface area contributed by atoms with Crippen LogP contribution in [-0.2, 0) is 21.7 Å². The monoisotopic (exact) mass is 521 g/mol. The SMILES string of the molecule is O=C(/C=C\c1cnc2ncn(C(c3ccccc3)(c3ccccc3)c3ccccc3)c2c1)OCc1ccccc1. The highest BCUT2D eigenvalue weighted by atomic mass is 16.5. The first-order valence-corrected chi connectivity index (χ1v) is 13.1. The molecule has 0 fully saturated rings. The minimum absolute atomic E-state index is 0.224. The van der Waals surface area contributed by atoms with Gasteiger partial charge in [-0.2, -0.15) is 0 Å². The lowest BCUT2D eigenvalue weighted by Crippen LogP contribution is -2.37. The molecule has 0 aliphatic heterocycles. The van der Waals surface area contributed by atoms with Gasteiger partial charge in [0.15, 0.2) is 5.65 Å². The van der Waals surface area contributed by atoms with E-state index >= 15 is 0 Å². The second-order valence-corrected chi connectivity index (χ2v) is 9.46. The Balaban J connectivity index is 1.45. The van der Waals surface area contributed by atoms with Crippen molar-refractivity contribution in [1.82, 2.24) is 14.5 Å². The Kier molecular flexibility index (Phi) is 7.01. The van der Waals surface area contributed by atoms with Crippen LogP contribution in [0.3, 0.4) is 0 Å². The maximum Gasteiger partial charge on any atom is 0.331 e. The molecule has 0 atom stereocenters. The van der Waals surface area contributed by atoms with Gasteiger partial charge in [0, 0.05) is 12.3 Å². The fraction of sp³-hybridized carbons (Fsp3) is 0.0571. The van der Waals surface area contributed by atoms with Crippen molar-refractivity contribution in [3.05, 3.63) is 174 Å². The number of benzene rings is 4. The minimum atomic E-state index is -0.711. The van der Waals surface area contributed by atoms with Crippen LogP contribution in [0, 0.1) is 0 Å². The van der Waals surface area contributed by atoms with E-state index in [4.69, 9.17) is 9.72 Å². The zero-order valence-corrected chi connectivity index (χ0v) is 21.8. The Morgan fingerprint density at radius 1 is 0.725 bits per heavy atom. The Bertz CT molecular complexity index is 1650. The molecule has 6 aromatic rings. The predicted octanol–water partition coefficient (Wildman–Crippen LogP) is 7.03. The average Bonchev–Trinajstić information content (AvgIpc) is 3.45. The first-order chi connectivity index (χ1) is 19.7. The zero-order chi connectivity index (χ0) is 27.2. The van der Waals surface area contributed by atoms with Gasteiger partial charge in [-0.1, -0.05) is 121 Å². The lowest BCUT2D eigenvalue weighted by molar-refractivity contribution is -0.138. The zero-order valence-electron chi connectivity index (χ0n) is 21.8. The number of esters is 1. The van der Waals surface area contributed by atoms with E-state index in [0.717, 1.165) is 33.3 Å². The molecular formula is C35H27N3O2. The van der Waals surface area contributed by atoms with E-state index in [2.05, 4.69) is 82.3 Å². The maximum atomic E-state index is 12.4. The van der Waals surface area contributed by atoms with Gasteiger partial charge < -0.3 is 9.30 Å². The molecule has 194 valence electrons. The summed E-state index contributed by atoms with van der Waals surface area (Å²) < 4.78 is 7.59. The maximum absolute atomic E-state index is 12.4. The van der Waals surface area contributed by atoms with E-state index < -0.39 is 11.5 Å². The predicted molar refractivity (Wildman–Crippen MR) is 157 cm³/mol. The number of imidazole rings is 1. The van der Waals surface area contributed by atoms with Crippen molar-refractivity contribution in [2.24, 2.45) is 0 Å². The molecule has 0 saturated carbocycles. The summed E-state index contributed by atoms with van der Waals surface area (Å²) in [6.45, 7) is 0.224. The van der Waals surface area contributed by atoms with Gasteiger partial charge >= 0.3 is 5.97 Å². The van der Waals surface area contributed by atoms with E-state index in [1.807, 2.05) is 60.9 Å². The fourth-order valence-electron chi connectivity index (χ4n) is 5.17. The summed E-state index contributed by atoms with van der Waals surface area (Å²) in [5.41, 5.74) is 5.75. The van der Waals surface area contributed by atoms with E-state index in [0.29, 0.717) is 5.65 Å². The molecule has 0 radical (unpaired) electrons. The van der Waals surface area contributed by atoms with Crippen molar-refractivity contribution in [2.45, 2.75) is 12.1 Å². The Morgan fingerprint density at radius 2 is 1.25 bits per heavy atom. The van der Waals surface area contributed by atoms with E-state index in [1.165, 1.54) is 6.08 Å². The number of carbonyl (C=O) groups excluding carboxylic acids is 1. The standard InChI is InChI=1S/C35H27N3O2/c39-33(40-25-27-13-5-1-6-14-27)22-21-28-23-32-34(36-24-28)37-26-38(32)35(29-15-7-2-8-16-29,30-17-9-3-10-18-30)31-19-11-4-12-20-31/h1-24,26H,25H2/b22-21-. The second-order valence-electron chi connectivity index (χ2n) is 9.46. The van der Waals surface area contributed by atoms with Crippen LogP contribution in [-0.4, -0.2) is 20.5 Å². The number of carbonyl (C=O) groups is 1. The number of ether oxygens (including phenoxy) is 1. The topological polar surface area (TPSA) is 57.0 Å². The molecule has 0 amide bonds. The fourth-order valence-corrected chi connectivity index (χ4v) is 5.17. The molecule has 0 saturated heterocycles. The molecule has 0 unspecified atom stereocenters. The largest absolute Gasteiger partial charge is 0.458 e. The molecule has 0 N–H and O–H groups in total. The summed E-state index contributed by atoms with van der Waals surface area (Å²) in [5.74, 6) is -0.412. The third-order valence-electron chi connectivity index (χ3n) is 7.00. The van der Waals surface area contributed by atoms with Crippen LogP contribution in [0.4, 0.5) is 0 Å². The first-order valence-electron chi connectivity index (χ1n) is 13.1. The summed E-state index contributed by atoms with van der Waals surface area (Å²) in [7, 11) is 0. The highest BCUT2D eigenvalue weighted by molar-refractivity contribution is 5.88. The molecule has 4 aromatic carbocycles. The molecule has 5 heteroatoms. The summed E-state index contributed by atoms with van der Waals surface area (Å²) in [4.78, 5) is 21.8. The van der Waals surface area contributed by atoms with E-state index in [1.54, 1.807) is 12.3 Å². The third-order valence-corrected chi connectivity index (χ3v) is 7.00. The Labute approximate surface area is 233 Å². The normalized spacial score (nSPS) is 11.6. The van der Waals surface area contributed by atoms with Gasteiger partial charge in [-0.05, 0) is 40.0 Å². The van der Waals surface area contributed by atoms with Gasteiger partial charge in [0.1, 0.15) is 12.1 Å². The van der Waals surface area contributed by atoms with Gasteiger partial charge in [-0.15, -0.1) is 0 Å². The van der Waals surface area contributed by atoms with Crippen LogP contribution >= 0.6 is 0 Å². The van der Waals surface area contributed by atoms with Crippen LogP contribution in [0.15, 0.2) is 146 Å². The molecule has 0 aliphatic rings. The summed E-state index contributed by atoms with van der Waals surface area (Å²) in [6.07, 6.45) is 6.74. The smallest absolute Gasteiger partial charge is 0.331 e. The average molecular weight is 522 g/mol. The molecular weight excluding hydrogens is 494 g/mol. The minimum Gasteiger partial charge on any atom is -0.458 e. The Hall–Kier alpha value is -5.29. The van der Waals surface area contributed by atoms with Crippen molar-refractivity contribution in [2.75, 3.05) is 0 Å². The molecule has 5 nitrogen and oxygen atoms in total. The highest BCUT2D eigenvalue weighted by Gasteiger charge is 2.39. The molecule has 6 rings (SSSR count). The lowest BCUT2D eigenvalue weighted by Gasteiger charge is -2.37. The molecule has 0 bridgehead atoms. The molecule has 0 aliphatic carbocycles. The molecule has 40 heavy (non-hydrogen) atoms. The molecule has 2 heterocycles. The second kappa shape index (κ2) is 11.2. The number of rotatable bonds is 8. The number of aromatic nitrogens is 3. The van der Waals surface area contributed by atoms with Crippen LogP contribution in [0.2, 0.25) is 0 Å². The van der Waals surface area contributed by atoms with Crippen molar-refractivity contribution in [3.8, 4) is 0 Å². The van der Waals surface area contributed by atoms with Crippen LogP contribution in [0.25, 0.3) is 17.2 Å². The van der Waals surface area contributed by atoms with Crippen molar-refractivity contribution in [1.29, 1.82) is 0 Å². The molecule has 2 aromatic heterocycles. The van der Waals surface area contributed by atoms with Crippen LogP contribution < -0.4 is 0 Å². The van der Waals surface area contributed by atoms with E-state index in [9.17, 15) is 4.79 Å². The number of hydrogen-bond acceptors (Lipinski definition) is 4. The van der Waals surface area contributed by atoms with Gasteiger partial charge in [0.25, 0.3) is 0 Å². The van der Waals surface area contributed by atoms with E-state index in [-0.39, 0.29) is 6.61 Å². The van der Waals surface area contributed by atoms with Gasteiger partial charge in [-0.25, -0.2) is 14.8 Å². The van der Waals surface area contributed by atoms with Crippen molar-refractivity contribution < 1.29 is 9.53 Å². The number of fused-ring (bicyclic) bond motifs is 1. The van der Waals surface area contributed by atoms with Crippen molar-refractivity contribution >= 4 is 23.2 Å². The number of hydrogen-bond donors (Lipinski definition) is 0.